The van der Waals surface area contributed by atoms with Crippen molar-refractivity contribution in [3.05, 3.63) is 53.9 Å². The van der Waals surface area contributed by atoms with Crippen LogP contribution in [0.5, 0.6) is 0 Å². The Hall–Kier alpha value is -2.69. The average molecular weight is 325 g/mol. The third kappa shape index (κ3) is 5.83. The zero-order chi connectivity index (χ0) is 17.4. The number of carbonyl (C=O) groups excluding carboxylic acids is 2. The van der Waals surface area contributed by atoms with E-state index in [2.05, 4.69) is 10.4 Å². The number of carbonyl (C=O) groups is 2. The third-order valence-electron chi connectivity index (χ3n) is 3.67. The molecule has 0 unspecified atom stereocenters. The number of nitrogens with zero attached hydrogens (tertiary/aromatic N) is 2. The maximum absolute atomic E-state index is 12.0. The second-order valence-electron chi connectivity index (χ2n) is 5.83. The number of aryl methyl sites for hydroxylation is 2. The highest BCUT2D eigenvalue weighted by molar-refractivity contribution is 6.01. The normalized spacial score (nSPS) is 10.9. The molecule has 1 N–H and O–H groups in total. The number of anilines is 1. The van der Waals surface area contributed by atoms with Gasteiger partial charge in [0.15, 0.2) is 0 Å². The Morgan fingerprint density at radius 2 is 2.04 bits per heavy atom. The van der Waals surface area contributed by atoms with Crippen LogP contribution < -0.4 is 5.32 Å². The van der Waals surface area contributed by atoms with Gasteiger partial charge < -0.3 is 10.1 Å². The standard InChI is InChI=1S/C19H23N3O2/c1-15-7-3-4-9-17(15)10-11-19(24)21-18-13-20-22(14-18)12-6-5-8-16(2)23/h3-4,7,9-11,13-14H,5-6,8,12H2,1-2H3,(H,21,24). The minimum absolute atomic E-state index is 0.186. The summed E-state index contributed by atoms with van der Waals surface area (Å²) in [5, 5.41) is 7.01. The van der Waals surface area contributed by atoms with Gasteiger partial charge in [0, 0.05) is 25.2 Å². The van der Waals surface area contributed by atoms with Crippen LogP contribution in [0, 0.1) is 6.92 Å². The number of Topliss-reactive ketones (excluding diaryl/α,β-unsaturated/α-hetero) is 1. The summed E-state index contributed by atoms with van der Waals surface area (Å²) >= 11 is 0. The molecular formula is C19H23N3O2. The number of hydrogen-bond donors (Lipinski definition) is 1. The third-order valence-corrected chi connectivity index (χ3v) is 3.67. The van der Waals surface area contributed by atoms with Crippen LogP contribution in [0.25, 0.3) is 6.08 Å². The fraction of sp³-hybridized carbons (Fsp3) is 0.316. The van der Waals surface area contributed by atoms with Crippen LogP contribution in [0.2, 0.25) is 0 Å². The summed E-state index contributed by atoms with van der Waals surface area (Å²) in [4.78, 5) is 22.9. The monoisotopic (exact) mass is 325 g/mol. The largest absolute Gasteiger partial charge is 0.320 e. The Morgan fingerprint density at radius 3 is 2.79 bits per heavy atom. The molecule has 1 heterocycles. The van der Waals surface area contributed by atoms with Gasteiger partial charge in [-0.1, -0.05) is 24.3 Å². The second kappa shape index (κ2) is 8.82. The van der Waals surface area contributed by atoms with Crippen LogP contribution in [-0.4, -0.2) is 21.5 Å². The SMILES string of the molecule is CC(=O)CCCCn1cc(NC(=O)C=Cc2ccccc2C)cn1. The number of benzene rings is 1. The van der Waals surface area contributed by atoms with Gasteiger partial charge in [-0.2, -0.15) is 5.10 Å². The second-order valence-corrected chi connectivity index (χ2v) is 5.83. The van der Waals surface area contributed by atoms with Gasteiger partial charge in [0.05, 0.1) is 11.9 Å². The van der Waals surface area contributed by atoms with Gasteiger partial charge in [0.1, 0.15) is 5.78 Å². The van der Waals surface area contributed by atoms with Crippen molar-refractivity contribution in [2.75, 3.05) is 5.32 Å². The number of rotatable bonds is 8. The van der Waals surface area contributed by atoms with E-state index in [9.17, 15) is 9.59 Å². The molecule has 0 saturated carbocycles. The first-order valence-corrected chi connectivity index (χ1v) is 8.11. The fourth-order valence-corrected chi connectivity index (χ4v) is 2.32. The summed E-state index contributed by atoms with van der Waals surface area (Å²) in [6, 6.07) is 7.89. The van der Waals surface area contributed by atoms with E-state index in [0.29, 0.717) is 12.1 Å². The summed E-state index contributed by atoms with van der Waals surface area (Å²) in [5.74, 6) is 0.0261. The number of nitrogens with one attached hydrogen (secondary N) is 1. The summed E-state index contributed by atoms with van der Waals surface area (Å²) in [6.45, 7) is 4.35. The van der Waals surface area contributed by atoms with Crippen LogP contribution >= 0.6 is 0 Å². The molecule has 2 aromatic rings. The summed E-state index contributed by atoms with van der Waals surface area (Å²) in [5.41, 5.74) is 2.81. The molecule has 0 aliphatic rings. The van der Waals surface area contributed by atoms with Gasteiger partial charge >= 0.3 is 0 Å². The Kier molecular flexibility index (Phi) is 6.49. The lowest BCUT2D eigenvalue weighted by Crippen LogP contribution is -2.07. The van der Waals surface area contributed by atoms with Gasteiger partial charge in [-0.15, -0.1) is 0 Å². The van der Waals surface area contributed by atoms with Gasteiger partial charge in [-0.3, -0.25) is 9.48 Å². The quantitative estimate of drug-likeness (QED) is 0.596. The Balaban J connectivity index is 1.82. The lowest BCUT2D eigenvalue weighted by atomic mass is 10.1. The van der Waals surface area contributed by atoms with Crippen molar-refractivity contribution in [2.24, 2.45) is 0 Å². The predicted octanol–water partition coefficient (Wildman–Crippen LogP) is 3.60. The first kappa shape index (κ1) is 17.7. The van der Waals surface area contributed by atoms with Crippen molar-refractivity contribution >= 4 is 23.5 Å². The molecule has 0 fully saturated rings. The van der Waals surface area contributed by atoms with Crippen molar-refractivity contribution in [1.82, 2.24) is 9.78 Å². The van der Waals surface area contributed by atoms with E-state index >= 15 is 0 Å². The van der Waals surface area contributed by atoms with Crippen molar-refractivity contribution in [3.63, 3.8) is 0 Å². The molecule has 0 radical (unpaired) electrons. The number of ketones is 1. The molecule has 0 aliphatic heterocycles. The van der Waals surface area contributed by atoms with Crippen molar-refractivity contribution < 1.29 is 9.59 Å². The van der Waals surface area contributed by atoms with Crippen LogP contribution in [0.1, 0.15) is 37.3 Å². The van der Waals surface area contributed by atoms with Crippen LogP contribution in [0.3, 0.4) is 0 Å². The topological polar surface area (TPSA) is 64.0 Å². The minimum Gasteiger partial charge on any atom is -0.320 e. The number of amides is 1. The van der Waals surface area contributed by atoms with E-state index in [4.69, 9.17) is 0 Å². The van der Waals surface area contributed by atoms with Crippen LogP contribution in [0.4, 0.5) is 5.69 Å². The van der Waals surface area contributed by atoms with Gasteiger partial charge in [0.25, 0.3) is 0 Å². The van der Waals surface area contributed by atoms with Gasteiger partial charge in [0.2, 0.25) is 5.91 Å². The smallest absolute Gasteiger partial charge is 0.248 e. The lowest BCUT2D eigenvalue weighted by molar-refractivity contribution is -0.117. The molecule has 1 amide bonds. The lowest BCUT2D eigenvalue weighted by Gasteiger charge is -2.01. The molecule has 0 spiro atoms. The Bertz CT molecular complexity index is 732. The van der Waals surface area contributed by atoms with E-state index < -0.39 is 0 Å². The van der Waals surface area contributed by atoms with Gasteiger partial charge in [-0.25, -0.2) is 0 Å². The van der Waals surface area contributed by atoms with E-state index in [-0.39, 0.29) is 11.7 Å². The maximum Gasteiger partial charge on any atom is 0.248 e. The zero-order valence-corrected chi connectivity index (χ0v) is 14.2. The first-order chi connectivity index (χ1) is 11.5. The van der Waals surface area contributed by atoms with Crippen LogP contribution in [-0.2, 0) is 16.1 Å². The number of hydrogen-bond acceptors (Lipinski definition) is 3. The predicted molar refractivity (Wildman–Crippen MR) is 95.6 cm³/mol. The molecular weight excluding hydrogens is 302 g/mol. The van der Waals surface area contributed by atoms with E-state index in [0.717, 1.165) is 30.5 Å². The molecule has 24 heavy (non-hydrogen) atoms. The highest BCUT2D eigenvalue weighted by Crippen LogP contribution is 2.10. The molecule has 1 aromatic heterocycles. The van der Waals surface area contributed by atoms with E-state index in [1.807, 2.05) is 31.2 Å². The van der Waals surface area contributed by atoms with Crippen molar-refractivity contribution in [2.45, 2.75) is 39.7 Å². The highest BCUT2D eigenvalue weighted by Gasteiger charge is 2.02. The van der Waals surface area contributed by atoms with Crippen molar-refractivity contribution in [3.8, 4) is 0 Å². The molecule has 0 bridgehead atoms. The summed E-state index contributed by atoms with van der Waals surface area (Å²) in [6.07, 6.45) is 9.10. The zero-order valence-electron chi connectivity index (χ0n) is 14.2. The number of aromatic nitrogens is 2. The molecule has 5 nitrogen and oxygen atoms in total. The maximum atomic E-state index is 12.0. The molecule has 1 aromatic carbocycles. The molecule has 0 aliphatic carbocycles. The van der Waals surface area contributed by atoms with Crippen LogP contribution in [0.15, 0.2) is 42.7 Å². The highest BCUT2D eigenvalue weighted by atomic mass is 16.1. The molecule has 5 heteroatoms. The van der Waals surface area contributed by atoms with Crippen molar-refractivity contribution in [1.29, 1.82) is 0 Å². The van der Waals surface area contributed by atoms with Gasteiger partial charge in [-0.05, 0) is 43.9 Å². The minimum atomic E-state index is -0.186. The fourth-order valence-electron chi connectivity index (χ4n) is 2.32. The average Bonchev–Trinajstić information content (AvgIpc) is 2.98. The Morgan fingerprint density at radius 1 is 1.25 bits per heavy atom. The Labute approximate surface area is 142 Å². The first-order valence-electron chi connectivity index (χ1n) is 8.11. The van der Waals surface area contributed by atoms with E-state index in [1.165, 1.54) is 6.08 Å². The van der Waals surface area contributed by atoms with E-state index in [1.54, 1.807) is 30.1 Å². The molecule has 0 saturated heterocycles. The summed E-state index contributed by atoms with van der Waals surface area (Å²) in [7, 11) is 0. The molecule has 126 valence electrons. The summed E-state index contributed by atoms with van der Waals surface area (Å²) < 4.78 is 1.78. The number of unbranched alkanes of at least 4 members (excludes halogenated alkanes) is 1. The molecule has 2 rings (SSSR count). The molecule has 0 atom stereocenters.